The molecule has 1 amide bonds. The van der Waals surface area contributed by atoms with Gasteiger partial charge in [0, 0.05) is 17.5 Å². The Morgan fingerprint density at radius 2 is 2.00 bits per heavy atom. The number of thioether (sulfide) groups is 1. The van der Waals surface area contributed by atoms with E-state index in [0.29, 0.717) is 5.16 Å². The van der Waals surface area contributed by atoms with E-state index in [1.807, 2.05) is 51.7 Å². The molecule has 0 unspecified atom stereocenters. The third kappa shape index (κ3) is 3.25. The molecule has 0 aromatic carbocycles. The van der Waals surface area contributed by atoms with E-state index in [0.717, 1.165) is 27.5 Å². The molecule has 0 saturated heterocycles. The molecule has 0 spiro atoms. The number of fused-ring (bicyclic) bond motifs is 1. The van der Waals surface area contributed by atoms with Gasteiger partial charge in [-0.2, -0.15) is 5.10 Å². The Balaban J connectivity index is 1.38. The van der Waals surface area contributed by atoms with Crippen molar-refractivity contribution in [1.82, 2.24) is 19.6 Å². The van der Waals surface area contributed by atoms with Crippen LogP contribution in [0.25, 0.3) is 5.65 Å². The van der Waals surface area contributed by atoms with E-state index >= 15 is 0 Å². The molecule has 28 heavy (non-hydrogen) atoms. The van der Waals surface area contributed by atoms with E-state index in [1.165, 1.54) is 11.8 Å². The number of carbonyl (C=O) groups excluding carboxylic acids is 1. The molecule has 0 saturated carbocycles. The minimum absolute atomic E-state index is 0.0253. The SMILES string of the molecule is O=C(CSc1nnc2ccccn12)N1N=C(c2cccs2)C[C@@H]1c1cccs1. The predicted molar refractivity (Wildman–Crippen MR) is 113 cm³/mol. The van der Waals surface area contributed by atoms with E-state index in [2.05, 4.69) is 22.3 Å². The second-order valence-electron chi connectivity index (χ2n) is 6.20. The monoisotopic (exact) mass is 425 g/mol. The zero-order valence-corrected chi connectivity index (χ0v) is 17.1. The molecule has 140 valence electrons. The lowest BCUT2D eigenvalue weighted by Gasteiger charge is -2.20. The van der Waals surface area contributed by atoms with E-state index in [9.17, 15) is 4.79 Å². The first kappa shape index (κ1) is 17.6. The molecule has 6 nitrogen and oxygen atoms in total. The number of rotatable bonds is 5. The van der Waals surface area contributed by atoms with Crippen LogP contribution in [0, 0.1) is 0 Å². The van der Waals surface area contributed by atoms with Crippen molar-refractivity contribution in [3.63, 3.8) is 0 Å². The largest absolute Gasteiger partial charge is 0.277 e. The summed E-state index contributed by atoms with van der Waals surface area (Å²) in [6, 6.07) is 13.8. The number of hydrazone groups is 1. The summed E-state index contributed by atoms with van der Waals surface area (Å²) in [4.78, 5) is 15.3. The third-order valence-corrected chi connectivity index (χ3v) is 7.27. The van der Waals surface area contributed by atoms with Crippen molar-refractivity contribution in [2.45, 2.75) is 17.6 Å². The fraction of sp³-hybridized carbons (Fsp3) is 0.158. The number of aromatic nitrogens is 3. The van der Waals surface area contributed by atoms with Gasteiger partial charge in [-0.25, -0.2) is 5.01 Å². The molecule has 1 aliphatic rings. The summed E-state index contributed by atoms with van der Waals surface area (Å²) >= 11 is 4.70. The van der Waals surface area contributed by atoms with Gasteiger partial charge in [-0.1, -0.05) is 30.0 Å². The zero-order valence-electron chi connectivity index (χ0n) is 14.6. The van der Waals surface area contributed by atoms with Crippen LogP contribution in [-0.2, 0) is 4.79 Å². The highest BCUT2D eigenvalue weighted by molar-refractivity contribution is 7.99. The van der Waals surface area contributed by atoms with Crippen LogP contribution in [0.2, 0.25) is 0 Å². The van der Waals surface area contributed by atoms with Crippen LogP contribution in [0.5, 0.6) is 0 Å². The molecule has 4 aromatic rings. The van der Waals surface area contributed by atoms with Crippen LogP contribution in [0.1, 0.15) is 22.2 Å². The van der Waals surface area contributed by atoms with Crippen molar-refractivity contribution >= 4 is 51.7 Å². The van der Waals surface area contributed by atoms with Crippen molar-refractivity contribution in [2.24, 2.45) is 5.10 Å². The highest BCUT2D eigenvalue weighted by Crippen LogP contribution is 2.36. The van der Waals surface area contributed by atoms with Crippen molar-refractivity contribution in [3.05, 3.63) is 69.2 Å². The standard InChI is InChI=1S/C19H15N5OS3/c25-18(12-28-19-21-20-17-7-1-2-8-23(17)19)24-14(16-6-4-10-27-16)11-13(22-24)15-5-3-9-26-15/h1-10,14H,11-12H2/t14-/m1/s1. The summed E-state index contributed by atoms with van der Waals surface area (Å²) in [5, 5.41) is 19.5. The second kappa shape index (κ2) is 7.50. The van der Waals surface area contributed by atoms with Crippen molar-refractivity contribution in [1.29, 1.82) is 0 Å². The number of amides is 1. The molecule has 1 aliphatic heterocycles. The van der Waals surface area contributed by atoms with Crippen molar-refractivity contribution < 1.29 is 4.79 Å². The van der Waals surface area contributed by atoms with Crippen LogP contribution >= 0.6 is 34.4 Å². The number of hydrogen-bond acceptors (Lipinski definition) is 7. The number of thiophene rings is 2. The number of nitrogens with zero attached hydrogens (tertiary/aromatic N) is 5. The summed E-state index contributed by atoms with van der Waals surface area (Å²) in [5.74, 6) is 0.237. The van der Waals surface area contributed by atoms with Crippen molar-refractivity contribution in [3.8, 4) is 0 Å². The van der Waals surface area contributed by atoms with Gasteiger partial charge in [-0.05, 0) is 35.0 Å². The molecule has 0 radical (unpaired) electrons. The Hall–Kier alpha value is -2.49. The van der Waals surface area contributed by atoms with Gasteiger partial charge in [0.1, 0.15) is 0 Å². The average Bonchev–Trinajstić information content (AvgIpc) is 3.52. The molecular weight excluding hydrogens is 410 g/mol. The first-order valence-corrected chi connectivity index (χ1v) is 11.4. The van der Waals surface area contributed by atoms with Crippen LogP contribution < -0.4 is 0 Å². The van der Waals surface area contributed by atoms with E-state index in [1.54, 1.807) is 27.7 Å². The van der Waals surface area contributed by atoms with Gasteiger partial charge in [-0.3, -0.25) is 9.20 Å². The maximum absolute atomic E-state index is 13.0. The molecule has 0 N–H and O–H groups in total. The minimum Gasteiger partial charge on any atom is -0.277 e. The van der Waals surface area contributed by atoms with Gasteiger partial charge < -0.3 is 0 Å². The molecule has 1 atom stereocenters. The lowest BCUT2D eigenvalue weighted by molar-refractivity contribution is -0.130. The second-order valence-corrected chi connectivity index (χ2v) is 9.07. The van der Waals surface area contributed by atoms with Crippen LogP contribution in [0.15, 0.2) is 69.7 Å². The Labute approximate surface area is 173 Å². The summed E-state index contributed by atoms with van der Waals surface area (Å²) in [6.45, 7) is 0. The van der Waals surface area contributed by atoms with Crippen LogP contribution in [0.3, 0.4) is 0 Å². The molecular formula is C19H15N5OS3. The van der Waals surface area contributed by atoms with Gasteiger partial charge >= 0.3 is 0 Å². The molecule has 4 aromatic heterocycles. The van der Waals surface area contributed by atoms with Gasteiger partial charge in [0.15, 0.2) is 10.8 Å². The quantitative estimate of drug-likeness (QED) is 0.447. The number of pyridine rings is 1. The first-order chi connectivity index (χ1) is 13.8. The molecule has 9 heteroatoms. The zero-order chi connectivity index (χ0) is 18.9. The Bertz CT molecular complexity index is 1130. The smallest absolute Gasteiger partial charge is 0.253 e. The molecule has 0 fully saturated rings. The highest BCUT2D eigenvalue weighted by Gasteiger charge is 2.34. The summed E-state index contributed by atoms with van der Waals surface area (Å²) in [5.41, 5.74) is 1.74. The van der Waals surface area contributed by atoms with E-state index < -0.39 is 0 Å². The van der Waals surface area contributed by atoms with Crippen molar-refractivity contribution in [2.75, 3.05) is 5.75 Å². The molecule has 5 heterocycles. The Morgan fingerprint density at radius 1 is 1.11 bits per heavy atom. The van der Waals surface area contributed by atoms with Gasteiger partial charge in [0.05, 0.1) is 22.4 Å². The van der Waals surface area contributed by atoms with Gasteiger partial charge in [-0.15, -0.1) is 32.9 Å². The van der Waals surface area contributed by atoms with Crippen LogP contribution in [-0.4, -0.2) is 37.0 Å². The fourth-order valence-electron chi connectivity index (χ4n) is 3.14. The van der Waals surface area contributed by atoms with Gasteiger partial charge in [0.2, 0.25) is 0 Å². The number of hydrogen-bond donors (Lipinski definition) is 0. The molecule has 0 bridgehead atoms. The maximum Gasteiger partial charge on any atom is 0.253 e. The fourth-order valence-corrected chi connectivity index (χ4v) is 5.45. The third-order valence-electron chi connectivity index (χ3n) is 4.45. The first-order valence-electron chi connectivity index (χ1n) is 8.69. The van der Waals surface area contributed by atoms with Crippen LogP contribution in [0.4, 0.5) is 0 Å². The lowest BCUT2D eigenvalue weighted by Crippen LogP contribution is -2.28. The number of carbonyl (C=O) groups is 1. The predicted octanol–water partition coefficient (Wildman–Crippen LogP) is 4.32. The highest BCUT2D eigenvalue weighted by atomic mass is 32.2. The topological polar surface area (TPSA) is 62.9 Å². The van der Waals surface area contributed by atoms with Gasteiger partial charge in [0.25, 0.3) is 5.91 Å². The lowest BCUT2D eigenvalue weighted by atomic mass is 10.1. The summed E-state index contributed by atoms with van der Waals surface area (Å²) in [7, 11) is 0. The molecule has 0 aliphatic carbocycles. The van der Waals surface area contributed by atoms with E-state index in [-0.39, 0.29) is 17.7 Å². The maximum atomic E-state index is 13.0. The normalized spacial score (nSPS) is 16.6. The Kier molecular flexibility index (Phi) is 4.71. The minimum atomic E-state index is -0.0413. The summed E-state index contributed by atoms with van der Waals surface area (Å²) < 4.78 is 1.89. The molecule has 5 rings (SSSR count). The summed E-state index contributed by atoms with van der Waals surface area (Å²) in [6.07, 6.45) is 2.64. The van der Waals surface area contributed by atoms with E-state index in [4.69, 9.17) is 5.10 Å². The average molecular weight is 426 g/mol. The Morgan fingerprint density at radius 3 is 2.82 bits per heavy atom.